The van der Waals surface area contributed by atoms with Gasteiger partial charge in [0.1, 0.15) is 5.76 Å². The monoisotopic (exact) mass is 180 g/mol. The quantitative estimate of drug-likeness (QED) is 0.670. The molecule has 3 nitrogen and oxygen atoms in total. The van der Waals surface area contributed by atoms with Crippen molar-refractivity contribution in [3.63, 3.8) is 0 Å². The van der Waals surface area contributed by atoms with Gasteiger partial charge in [0.05, 0.1) is 18.2 Å². The number of allylic oxidation sites excluding steroid dienone is 1. The minimum atomic E-state index is 0.778. The first-order valence-corrected chi connectivity index (χ1v) is 4.78. The fourth-order valence-electron chi connectivity index (χ4n) is 1.40. The second-order valence-electron chi connectivity index (χ2n) is 3.17. The Kier molecular flexibility index (Phi) is 4.34. The highest BCUT2D eigenvalue weighted by atomic mass is 16.5. The fourth-order valence-corrected chi connectivity index (χ4v) is 1.40. The van der Waals surface area contributed by atoms with Crippen LogP contribution in [0.2, 0.25) is 0 Å². The Balaban J connectivity index is 2.55. The van der Waals surface area contributed by atoms with Crippen LogP contribution < -0.4 is 5.32 Å². The molecule has 72 valence electrons. The summed E-state index contributed by atoms with van der Waals surface area (Å²) in [7, 11) is 1.89. The van der Waals surface area contributed by atoms with E-state index in [0.717, 1.165) is 50.2 Å². The van der Waals surface area contributed by atoms with Gasteiger partial charge >= 0.3 is 0 Å². The van der Waals surface area contributed by atoms with E-state index in [2.05, 4.69) is 11.4 Å². The first kappa shape index (κ1) is 10.1. The molecule has 0 spiro atoms. The lowest BCUT2D eigenvalue weighted by molar-refractivity contribution is 0.163. The molecular weight excluding hydrogens is 164 g/mol. The highest BCUT2D eigenvalue weighted by Gasteiger charge is 2.11. The molecule has 1 heterocycles. The number of hydrogen-bond acceptors (Lipinski definition) is 3. The molecule has 0 saturated carbocycles. The molecule has 0 radical (unpaired) electrons. The van der Waals surface area contributed by atoms with Gasteiger partial charge in [-0.25, -0.2) is 0 Å². The van der Waals surface area contributed by atoms with E-state index in [0.29, 0.717) is 0 Å². The van der Waals surface area contributed by atoms with Gasteiger partial charge in [-0.1, -0.05) is 0 Å². The van der Waals surface area contributed by atoms with Crippen LogP contribution in [0.3, 0.4) is 0 Å². The predicted octanol–water partition coefficient (Wildman–Crippen LogP) is 1.57. The fraction of sp³-hybridized carbons (Fsp3) is 0.700. The number of ether oxygens (including phenoxy) is 1. The minimum absolute atomic E-state index is 0.778. The number of nitrogens with one attached hydrogen (secondary N) is 1. The standard InChI is InChI=1S/C10H16N2O/c1-12-6-5-9(8-11)10-4-2-3-7-13-10/h12H,2-7H2,1H3/b10-9+. The van der Waals surface area contributed by atoms with Crippen molar-refractivity contribution in [2.45, 2.75) is 25.7 Å². The van der Waals surface area contributed by atoms with E-state index in [1.165, 1.54) is 0 Å². The summed E-state index contributed by atoms with van der Waals surface area (Å²) in [4.78, 5) is 0. The van der Waals surface area contributed by atoms with Crippen LogP contribution in [0.1, 0.15) is 25.7 Å². The Labute approximate surface area is 79.4 Å². The van der Waals surface area contributed by atoms with Crippen LogP contribution in [0.5, 0.6) is 0 Å². The molecule has 1 rings (SSSR count). The van der Waals surface area contributed by atoms with Crippen molar-refractivity contribution in [1.82, 2.24) is 5.32 Å². The Morgan fingerprint density at radius 3 is 3.00 bits per heavy atom. The van der Waals surface area contributed by atoms with Gasteiger partial charge in [0.25, 0.3) is 0 Å². The zero-order valence-corrected chi connectivity index (χ0v) is 8.10. The largest absolute Gasteiger partial charge is 0.497 e. The molecule has 0 aromatic heterocycles. The number of nitriles is 1. The maximum absolute atomic E-state index is 8.89. The van der Waals surface area contributed by atoms with Gasteiger partial charge in [0, 0.05) is 6.42 Å². The topological polar surface area (TPSA) is 45.0 Å². The summed E-state index contributed by atoms with van der Waals surface area (Å²) in [5.74, 6) is 0.920. The molecule has 0 aromatic carbocycles. The van der Waals surface area contributed by atoms with Crippen molar-refractivity contribution in [2.75, 3.05) is 20.2 Å². The maximum Gasteiger partial charge on any atom is 0.110 e. The summed E-state index contributed by atoms with van der Waals surface area (Å²) in [6.45, 7) is 1.62. The third-order valence-electron chi connectivity index (χ3n) is 2.17. The summed E-state index contributed by atoms with van der Waals surface area (Å²) in [6.07, 6.45) is 3.99. The van der Waals surface area contributed by atoms with Crippen molar-refractivity contribution >= 4 is 0 Å². The molecule has 1 saturated heterocycles. The van der Waals surface area contributed by atoms with Crippen molar-refractivity contribution in [1.29, 1.82) is 5.26 Å². The molecule has 3 heteroatoms. The van der Waals surface area contributed by atoms with E-state index in [1.54, 1.807) is 0 Å². The third kappa shape index (κ3) is 3.08. The molecular formula is C10H16N2O. The first-order chi connectivity index (χ1) is 6.38. The van der Waals surface area contributed by atoms with Gasteiger partial charge in [-0.15, -0.1) is 0 Å². The molecule has 1 fully saturated rings. The second-order valence-corrected chi connectivity index (χ2v) is 3.17. The van der Waals surface area contributed by atoms with E-state index in [9.17, 15) is 0 Å². The average Bonchev–Trinajstić information content (AvgIpc) is 2.21. The summed E-state index contributed by atoms with van der Waals surface area (Å²) in [6, 6.07) is 2.22. The number of nitrogens with zero attached hydrogens (tertiary/aromatic N) is 1. The zero-order valence-electron chi connectivity index (χ0n) is 8.10. The first-order valence-electron chi connectivity index (χ1n) is 4.78. The summed E-state index contributed by atoms with van der Waals surface area (Å²) in [5.41, 5.74) is 0.814. The van der Waals surface area contributed by atoms with E-state index >= 15 is 0 Å². The van der Waals surface area contributed by atoms with Crippen molar-refractivity contribution in [2.24, 2.45) is 0 Å². The average molecular weight is 180 g/mol. The van der Waals surface area contributed by atoms with Crippen LogP contribution in [0.25, 0.3) is 0 Å². The van der Waals surface area contributed by atoms with Crippen LogP contribution in [0.4, 0.5) is 0 Å². The normalized spacial score (nSPS) is 20.3. The summed E-state index contributed by atoms with van der Waals surface area (Å²) < 4.78 is 5.46. The van der Waals surface area contributed by atoms with Crippen molar-refractivity contribution in [3.05, 3.63) is 11.3 Å². The van der Waals surface area contributed by atoms with Gasteiger partial charge in [-0.3, -0.25) is 0 Å². The van der Waals surface area contributed by atoms with Crippen molar-refractivity contribution < 1.29 is 4.74 Å². The van der Waals surface area contributed by atoms with E-state index < -0.39 is 0 Å². The van der Waals surface area contributed by atoms with E-state index in [-0.39, 0.29) is 0 Å². The molecule has 13 heavy (non-hydrogen) atoms. The second kappa shape index (κ2) is 5.60. The highest BCUT2D eigenvalue weighted by Crippen LogP contribution is 2.20. The minimum Gasteiger partial charge on any atom is -0.497 e. The highest BCUT2D eigenvalue weighted by molar-refractivity contribution is 5.25. The van der Waals surface area contributed by atoms with Gasteiger partial charge in [0.15, 0.2) is 0 Å². The van der Waals surface area contributed by atoms with Gasteiger partial charge in [-0.05, 0) is 32.9 Å². The smallest absolute Gasteiger partial charge is 0.110 e. The molecule has 0 bridgehead atoms. The predicted molar refractivity (Wildman–Crippen MR) is 51.0 cm³/mol. The lowest BCUT2D eigenvalue weighted by Crippen LogP contribution is -2.11. The Morgan fingerprint density at radius 1 is 1.62 bits per heavy atom. The molecule has 1 aliphatic rings. The number of rotatable bonds is 3. The van der Waals surface area contributed by atoms with Crippen molar-refractivity contribution in [3.8, 4) is 6.07 Å². The summed E-state index contributed by atoms with van der Waals surface area (Å²) in [5, 5.41) is 11.9. The van der Waals surface area contributed by atoms with Crippen LogP contribution in [-0.4, -0.2) is 20.2 Å². The van der Waals surface area contributed by atoms with Gasteiger partial charge in [-0.2, -0.15) is 5.26 Å². The molecule has 0 aromatic rings. The molecule has 0 unspecified atom stereocenters. The summed E-state index contributed by atoms with van der Waals surface area (Å²) >= 11 is 0. The number of hydrogen-bond donors (Lipinski definition) is 1. The van der Waals surface area contributed by atoms with Crippen LogP contribution in [0.15, 0.2) is 11.3 Å². The lowest BCUT2D eigenvalue weighted by Gasteiger charge is -2.17. The molecule has 0 aliphatic carbocycles. The molecule has 0 amide bonds. The van der Waals surface area contributed by atoms with E-state index in [4.69, 9.17) is 10.00 Å². The molecule has 1 aliphatic heterocycles. The van der Waals surface area contributed by atoms with Crippen LogP contribution in [-0.2, 0) is 4.74 Å². The van der Waals surface area contributed by atoms with Crippen LogP contribution >= 0.6 is 0 Å². The lowest BCUT2D eigenvalue weighted by atomic mass is 10.1. The zero-order chi connectivity index (χ0) is 9.52. The maximum atomic E-state index is 8.89. The SMILES string of the molecule is CNCC/C(C#N)=C1/CCCCO1. The van der Waals surface area contributed by atoms with E-state index in [1.807, 2.05) is 7.05 Å². The Hall–Kier alpha value is -1.01. The third-order valence-corrected chi connectivity index (χ3v) is 2.17. The van der Waals surface area contributed by atoms with Gasteiger partial charge in [0.2, 0.25) is 0 Å². The molecule has 1 N–H and O–H groups in total. The molecule has 0 atom stereocenters. The Bertz CT molecular complexity index is 220. The Morgan fingerprint density at radius 2 is 2.46 bits per heavy atom. The van der Waals surface area contributed by atoms with Crippen LogP contribution in [0, 0.1) is 11.3 Å². The van der Waals surface area contributed by atoms with Gasteiger partial charge < -0.3 is 10.1 Å².